The summed E-state index contributed by atoms with van der Waals surface area (Å²) in [4.78, 5) is 12.7. The lowest BCUT2D eigenvalue weighted by molar-refractivity contribution is 0.102. The number of aromatic nitrogens is 3. The SMILES string of the molecule is Cc1cc(C)c(C(=O)CSc2nnc(C3CC3)n2C)c(C)c1C. The van der Waals surface area contributed by atoms with E-state index in [9.17, 15) is 4.79 Å². The fraction of sp³-hybridized carbons (Fsp3) is 0.500. The Morgan fingerprint density at radius 3 is 2.52 bits per heavy atom. The summed E-state index contributed by atoms with van der Waals surface area (Å²) in [5.41, 5.74) is 5.48. The first kappa shape index (κ1) is 16.2. The number of carbonyl (C=O) groups excluding carboxylic acids is 1. The van der Waals surface area contributed by atoms with Crippen molar-refractivity contribution in [2.75, 3.05) is 5.75 Å². The van der Waals surface area contributed by atoms with E-state index in [0.717, 1.165) is 27.7 Å². The van der Waals surface area contributed by atoms with E-state index in [2.05, 4.69) is 30.1 Å². The first-order valence-electron chi connectivity index (χ1n) is 8.02. The summed E-state index contributed by atoms with van der Waals surface area (Å²) in [6.45, 7) is 8.24. The standard InChI is InChI=1S/C18H23N3OS/c1-10-8-11(2)16(13(4)12(10)3)15(22)9-23-18-20-19-17(21(18)5)14-6-7-14/h8,14H,6-7,9H2,1-5H3. The summed E-state index contributed by atoms with van der Waals surface area (Å²) in [5.74, 6) is 2.20. The van der Waals surface area contributed by atoms with Crippen LogP contribution >= 0.6 is 11.8 Å². The van der Waals surface area contributed by atoms with Crippen LogP contribution in [-0.2, 0) is 7.05 Å². The van der Waals surface area contributed by atoms with Crippen LogP contribution in [0.3, 0.4) is 0 Å². The molecule has 0 radical (unpaired) electrons. The summed E-state index contributed by atoms with van der Waals surface area (Å²) in [5, 5.41) is 9.35. The third-order valence-electron chi connectivity index (χ3n) is 4.78. The van der Waals surface area contributed by atoms with Gasteiger partial charge in [-0.2, -0.15) is 0 Å². The average Bonchev–Trinajstić information content (AvgIpc) is 3.27. The number of thioether (sulfide) groups is 1. The Morgan fingerprint density at radius 2 is 1.87 bits per heavy atom. The van der Waals surface area contributed by atoms with Gasteiger partial charge in [-0.1, -0.05) is 17.8 Å². The van der Waals surface area contributed by atoms with Gasteiger partial charge in [-0.15, -0.1) is 10.2 Å². The zero-order valence-electron chi connectivity index (χ0n) is 14.4. The van der Waals surface area contributed by atoms with Gasteiger partial charge in [0, 0.05) is 18.5 Å². The number of rotatable bonds is 5. The second kappa shape index (κ2) is 6.11. The molecule has 23 heavy (non-hydrogen) atoms. The van der Waals surface area contributed by atoms with Gasteiger partial charge in [-0.25, -0.2) is 0 Å². The molecule has 0 unspecified atom stereocenters. The second-order valence-corrected chi connectivity index (χ2v) is 7.46. The van der Waals surface area contributed by atoms with Crippen LogP contribution in [0.5, 0.6) is 0 Å². The molecular formula is C18H23N3OS. The van der Waals surface area contributed by atoms with Crippen molar-refractivity contribution < 1.29 is 4.79 Å². The van der Waals surface area contributed by atoms with Crippen LogP contribution in [0, 0.1) is 27.7 Å². The number of hydrogen-bond donors (Lipinski definition) is 0. The molecule has 2 aromatic rings. The molecule has 4 nitrogen and oxygen atoms in total. The van der Waals surface area contributed by atoms with E-state index in [4.69, 9.17) is 0 Å². The predicted octanol–water partition coefficient (Wildman–Crippen LogP) is 3.90. The highest BCUT2D eigenvalue weighted by Gasteiger charge is 2.29. The molecule has 1 aromatic heterocycles. The summed E-state index contributed by atoms with van der Waals surface area (Å²) in [6, 6.07) is 2.10. The zero-order chi connectivity index (χ0) is 16.7. The number of aryl methyl sites for hydroxylation is 2. The monoisotopic (exact) mass is 329 g/mol. The summed E-state index contributed by atoms with van der Waals surface area (Å²) < 4.78 is 2.04. The Hall–Kier alpha value is -1.62. The van der Waals surface area contributed by atoms with Crippen LogP contribution in [0.15, 0.2) is 11.2 Å². The quantitative estimate of drug-likeness (QED) is 0.616. The van der Waals surface area contributed by atoms with Gasteiger partial charge in [0.05, 0.1) is 5.75 Å². The molecule has 0 spiro atoms. The van der Waals surface area contributed by atoms with Crippen molar-refractivity contribution in [3.63, 3.8) is 0 Å². The van der Waals surface area contributed by atoms with E-state index in [-0.39, 0.29) is 5.78 Å². The molecule has 1 aliphatic carbocycles. The molecule has 0 bridgehead atoms. The van der Waals surface area contributed by atoms with Gasteiger partial charge in [-0.05, 0) is 62.8 Å². The normalized spacial score (nSPS) is 14.3. The van der Waals surface area contributed by atoms with Crippen molar-refractivity contribution in [2.45, 2.75) is 51.6 Å². The van der Waals surface area contributed by atoms with Crippen molar-refractivity contribution in [1.82, 2.24) is 14.8 Å². The summed E-state index contributed by atoms with van der Waals surface area (Å²) in [6.07, 6.45) is 2.41. The smallest absolute Gasteiger partial charge is 0.191 e. The van der Waals surface area contributed by atoms with E-state index in [1.165, 1.54) is 35.7 Å². The minimum atomic E-state index is 0.170. The van der Waals surface area contributed by atoms with Gasteiger partial charge >= 0.3 is 0 Å². The average molecular weight is 329 g/mol. The Morgan fingerprint density at radius 1 is 1.17 bits per heavy atom. The third kappa shape index (κ3) is 3.07. The highest BCUT2D eigenvalue weighted by molar-refractivity contribution is 7.99. The third-order valence-corrected chi connectivity index (χ3v) is 5.80. The molecule has 5 heteroatoms. The maximum atomic E-state index is 12.7. The van der Waals surface area contributed by atoms with Crippen LogP contribution < -0.4 is 0 Å². The Balaban J connectivity index is 1.76. The predicted molar refractivity (Wildman–Crippen MR) is 93.4 cm³/mol. The number of carbonyl (C=O) groups is 1. The molecule has 0 aliphatic heterocycles. The van der Waals surface area contributed by atoms with Gasteiger partial charge < -0.3 is 4.57 Å². The van der Waals surface area contributed by atoms with E-state index < -0.39 is 0 Å². The summed E-state index contributed by atoms with van der Waals surface area (Å²) >= 11 is 1.48. The van der Waals surface area contributed by atoms with Gasteiger partial charge in [0.2, 0.25) is 0 Å². The van der Waals surface area contributed by atoms with E-state index in [1.807, 2.05) is 25.5 Å². The molecule has 1 heterocycles. The molecule has 0 saturated heterocycles. The van der Waals surface area contributed by atoms with Gasteiger partial charge in [0.25, 0.3) is 0 Å². The number of benzene rings is 1. The van der Waals surface area contributed by atoms with Crippen molar-refractivity contribution >= 4 is 17.5 Å². The highest BCUT2D eigenvalue weighted by Crippen LogP contribution is 2.39. The van der Waals surface area contributed by atoms with Crippen molar-refractivity contribution in [1.29, 1.82) is 0 Å². The maximum Gasteiger partial charge on any atom is 0.191 e. The van der Waals surface area contributed by atoms with Crippen LogP contribution in [0.1, 0.15) is 57.2 Å². The van der Waals surface area contributed by atoms with Crippen LogP contribution in [0.2, 0.25) is 0 Å². The minimum absolute atomic E-state index is 0.170. The van der Waals surface area contributed by atoms with E-state index >= 15 is 0 Å². The fourth-order valence-electron chi connectivity index (χ4n) is 3.06. The van der Waals surface area contributed by atoms with Crippen molar-refractivity contribution in [3.8, 4) is 0 Å². The molecule has 1 saturated carbocycles. The second-order valence-electron chi connectivity index (χ2n) is 6.52. The molecule has 3 rings (SSSR count). The first-order chi connectivity index (χ1) is 10.9. The van der Waals surface area contributed by atoms with Crippen LogP contribution in [0.4, 0.5) is 0 Å². The first-order valence-corrected chi connectivity index (χ1v) is 9.01. The van der Waals surface area contributed by atoms with Crippen LogP contribution in [0.25, 0.3) is 0 Å². The van der Waals surface area contributed by atoms with Gasteiger partial charge in [0.1, 0.15) is 5.82 Å². The minimum Gasteiger partial charge on any atom is -0.309 e. The highest BCUT2D eigenvalue weighted by atomic mass is 32.2. The fourth-order valence-corrected chi connectivity index (χ4v) is 3.85. The van der Waals surface area contributed by atoms with E-state index in [0.29, 0.717) is 11.7 Å². The number of nitrogens with zero attached hydrogens (tertiary/aromatic N) is 3. The lowest BCUT2D eigenvalue weighted by Gasteiger charge is -2.14. The van der Waals surface area contributed by atoms with E-state index in [1.54, 1.807) is 0 Å². The molecular weight excluding hydrogens is 306 g/mol. The molecule has 0 amide bonds. The van der Waals surface area contributed by atoms with Crippen molar-refractivity contribution in [3.05, 3.63) is 39.7 Å². The molecule has 1 aliphatic rings. The molecule has 122 valence electrons. The molecule has 0 N–H and O–H groups in total. The lowest BCUT2D eigenvalue weighted by Crippen LogP contribution is -2.10. The maximum absolute atomic E-state index is 12.7. The lowest BCUT2D eigenvalue weighted by atomic mass is 9.92. The number of hydrogen-bond acceptors (Lipinski definition) is 4. The van der Waals surface area contributed by atoms with Crippen LogP contribution in [-0.4, -0.2) is 26.3 Å². The van der Waals surface area contributed by atoms with Gasteiger partial charge in [-0.3, -0.25) is 4.79 Å². The Labute approximate surface area is 141 Å². The Bertz CT molecular complexity index is 775. The number of ketones is 1. The largest absolute Gasteiger partial charge is 0.309 e. The molecule has 1 fully saturated rings. The molecule has 1 aromatic carbocycles. The Kier molecular flexibility index (Phi) is 4.32. The van der Waals surface area contributed by atoms with Gasteiger partial charge in [0.15, 0.2) is 10.9 Å². The molecule has 0 atom stereocenters. The topological polar surface area (TPSA) is 47.8 Å². The summed E-state index contributed by atoms with van der Waals surface area (Å²) in [7, 11) is 1.99. The number of Topliss-reactive ketones (excluding diaryl/α,β-unsaturated/α-hetero) is 1. The van der Waals surface area contributed by atoms with Crippen molar-refractivity contribution in [2.24, 2.45) is 7.05 Å². The zero-order valence-corrected chi connectivity index (χ0v) is 15.3.